The number of hydrogen-bond acceptors (Lipinski definition) is 3. The molecule has 0 spiro atoms. The Kier molecular flexibility index (Phi) is 5.82. The number of aromatic nitrogens is 1. The van der Waals surface area contributed by atoms with E-state index >= 15 is 0 Å². The van der Waals surface area contributed by atoms with Gasteiger partial charge in [0.05, 0.1) is 7.11 Å². The first-order valence-electron chi connectivity index (χ1n) is 10.0. The van der Waals surface area contributed by atoms with Crippen molar-refractivity contribution in [3.63, 3.8) is 0 Å². The van der Waals surface area contributed by atoms with Crippen LogP contribution in [-0.2, 0) is 6.42 Å². The predicted molar refractivity (Wildman–Crippen MR) is 119 cm³/mol. The average Bonchev–Trinajstić information content (AvgIpc) is 3.13. The molecule has 4 heteroatoms. The van der Waals surface area contributed by atoms with E-state index in [1.54, 1.807) is 7.11 Å². The molecule has 0 unspecified atom stereocenters. The molecule has 4 aromatic rings. The van der Waals surface area contributed by atoms with Gasteiger partial charge in [-0.05, 0) is 91.5 Å². The fraction of sp³-hybridized carbons (Fsp3) is 0.200. The standard InChI is InChI=1S/C25H26N2O2/c1-28-19-12-10-18(11-13-19)25-22(9-5-6-16-26)23-17-21(14-15-24(23)27-25)29-20-7-3-2-4-8-20/h2-4,7-8,10-15,17,27H,5-6,9,16,26H2,1H3. The van der Waals surface area contributed by atoms with Crippen LogP contribution in [0.25, 0.3) is 22.2 Å². The van der Waals surface area contributed by atoms with E-state index in [0.717, 1.165) is 53.3 Å². The smallest absolute Gasteiger partial charge is 0.128 e. The average molecular weight is 386 g/mol. The lowest BCUT2D eigenvalue weighted by Crippen LogP contribution is -1.99. The predicted octanol–water partition coefficient (Wildman–Crippen LogP) is 5.92. The first kappa shape index (κ1) is 19.1. The number of unbranched alkanes of at least 4 members (excludes halogenated alkanes) is 1. The number of aryl methyl sites for hydroxylation is 1. The summed E-state index contributed by atoms with van der Waals surface area (Å²) in [5.74, 6) is 2.53. The van der Waals surface area contributed by atoms with Gasteiger partial charge in [0.15, 0.2) is 0 Å². The molecule has 0 fully saturated rings. The van der Waals surface area contributed by atoms with Gasteiger partial charge in [-0.15, -0.1) is 0 Å². The third-order valence-corrected chi connectivity index (χ3v) is 5.12. The third kappa shape index (κ3) is 4.28. The number of hydrogen-bond donors (Lipinski definition) is 2. The number of nitrogens with two attached hydrogens (primary N) is 1. The second-order valence-electron chi connectivity index (χ2n) is 7.08. The topological polar surface area (TPSA) is 60.3 Å². The highest BCUT2D eigenvalue weighted by Crippen LogP contribution is 2.35. The molecule has 1 heterocycles. The summed E-state index contributed by atoms with van der Waals surface area (Å²) in [7, 11) is 1.68. The maximum Gasteiger partial charge on any atom is 0.128 e. The van der Waals surface area contributed by atoms with E-state index < -0.39 is 0 Å². The van der Waals surface area contributed by atoms with Gasteiger partial charge in [0.25, 0.3) is 0 Å². The van der Waals surface area contributed by atoms with Crippen molar-refractivity contribution >= 4 is 10.9 Å². The lowest BCUT2D eigenvalue weighted by Gasteiger charge is -2.08. The molecule has 0 saturated carbocycles. The lowest BCUT2D eigenvalue weighted by atomic mass is 10.00. The van der Waals surface area contributed by atoms with Crippen LogP contribution in [0.2, 0.25) is 0 Å². The molecular formula is C25H26N2O2. The van der Waals surface area contributed by atoms with Crippen LogP contribution >= 0.6 is 0 Å². The summed E-state index contributed by atoms with van der Waals surface area (Å²) in [6.45, 7) is 0.711. The van der Waals surface area contributed by atoms with Gasteiger partial charge in [0, 0.05) is 16.6 Å². The van der Waals surface area contributed by atoms with Crippen LogP contribution in [0.5, 0.6) is 17.2 Å². The van der Waals surface area contributed by atoms with Crippen molar-refractivity contribution in [1.29, 1.82) is 0 Å². The molecule has 0 aliphatic carbocycles. The van der Waals surface area contributed by atoms with E-state index in [1.807, 2.05) is 48.5 Å². The quantitative estimate of drug-likeness (QED) is 0.370. The Labute approximate surface area is 171 Å². The summed E-state index contributed by atoms with van der Waals surface area (Å²) in [4.78, 5) is 3.61. The first-order chi connectivity index (χ1) is 14.3. The monoisotopic (exact) mass is 386 g/mol. The normalized spacial score (nSPS) is 11.0. The molecule has 1 aromatic heterocycles. The number of rotatable bonds is 8. The number of aromatic amines is 1. The van der Waals surface area contributed by atoms with Crippen molar-refractivity contribution in [2.75, 3.05) is 13.7 Å². The van der Waals surface area contributed by atoms with Gasteiger partial charge in [0.2, 0.25) is 0 Å². The molecule has 0 bridgehead atoms. The van der Waals surface area contributed by atoms with E-state index in [9.17, 15) is 0 Å². The second kappa shape index (κ2) is 8.84. The molecule has 0 radical (unpaired) electrons. The Balaban J connectivity index is 1.74. The Morgan fingerprint density at radius 3 is 2.31 bits per heavy atom. The van der Waals surface area contributed by atoms with Crippen LogP contribution in [-0.4, -0.2) is 18.6 Å². The fourth-order valence-electron chi connectivity index (χ4n) is 3.62. The molecular weight excluding hydrogens is 360 g/mol. The molecule has 3 N–H and O–H groups in total. The Morgan fingerprint density at radius 1 is 0.828 bits per heavy atom. The van der Waals surface area contributed by atoms with Gasteiger partial charge in [-0.25, -0.2) is 0 Å². The molecule has 3 aromatic carbocycles. The van der Waals surface area contributed by atoms with Gasteiger partial charge in [-0.1, -0.05) is 18.2 Å². The minimum Gasteiger partial charge on any atom is -0.497 e. The van der Waals surface area contributed by atoms with Crippen molar-refractivity contribution in [1.82, 2.24) is 4.98 Å². The Morgan fingerprint density at radius 2 is 1.59 bits per heavy atom. The van der Waals surface area contributed by atoms with Gasteiger partial charge in [0.1, 0.15) is 17.2 Å². The molecule has 148 valence electrons. The summed E-state index contributed by atoms with van der Waals surface area (Å²) in [5.41, 5.74) is 10.4. The maximum absolute atomic E-state index is 6.06. The van der Waals surface area contributed by atoms with E-state index in [0.29, 0.717) is 6.54 Å². The Hall–Kier alpha value is -3.24. The van der Waals surface area contributed by atoms with Crippen molar-refractivity contribution in [3.05, 3.63) is 78.4 Å². The molecule has 4 nitrogen and oxygen atoms in total. The number of methoxy groups -OCH3 is 1. The largest absolute Gasteiger partial charge is 0.497 e. The number of benzene rings is 3. The number of para-hydroxylation sites is 1. The highest BCUT2D eigenvalue weighted by atomic mass is 16.5. The van der Waals surface area contributed by atoms with E-state index in [2.05, 4.69) is 29.2 Å². The zero-order chi connectivity index (χ0) is 20.1. The van der Waals surface area contributed by atoms with Crippen LogP contribution in [0.1, 0.15) is 18.4 Å². The zero-order valence-corrected chi connectivity index (χ0v) is 16.7. The van der Waals surface area contributed by atoms with Gasteiger partial charge < -0.3 is 20.2 Å². The summed E-state index contributed by atoms with van der Waals surface area (Å²) in [5, 5.41) is 1.20. The Bertz CT molecular complexity index is 1070. The maximum atomic E-state index is 6.06. The highest BCUT2D eigenvalue weighted by Gasteiger charge is 2.14. The van der Waals surface area contributed by atoms with E-state index in [4.69, 9.17) is 15.2 Å². The molecule has 29 heavy (non-hydrogen) atoms. The molecule has 4 rings (SSSR count). The van der Waals surface area contributed by atoms with Crippen LogP contribution in [0.3, 0.4) is 0 Å². The number of ether oxygens (including phenoxy) is 2. The second-order valence-corrected chi connectivity index (χ2v) is 7.08. The summed E-state index contributed by atoms with van der Waals surface area (Å²) in [6.07, 6.45) is 3.03. The van der Waals surface area contributed by atoms with Gasteiger partial charge >= 0.3 is 0 Å². The van der Waals surface area contributed by atoms with Crippen LogP contribution in [0, 0.1) is 0 Å². The fourth-order valence-corrected chi connectivity index (χ4v) is 3.62. The summed E-state index contributed by atoms with van der Waals surface area (Å²) >= 11 is 0. The molecule has 0 atom stereocenters. The van der Waals surface area contributed by atoms with Crippen molar-refractivity contribution in [2.45, 2.75) is 19.3 Å². The highest BCUT2D eigenvalue weighted by molar-refractivity contribution is 5.92. The number of nitrogens with one attached hydrogen (secondary N) is 1. The summed E-state index contributed by atoms with van der Waals surface area (Å²) in [6, 6.07) is 24.3. The van der Waals surface area contributed by atoms with Crippen LogP contribution < -0.4 is 15.2 Å². The van der Waals surface area contributed by atoms with Crippen molar-refractivity contribution in [2.24, 2.45) is 5.73 Å². The molecule has 0 aliphatic heterocycles. The van der Waals surface area contributed by atoms with E-state index in [1.165, 1.54) is 10.9 Å². The molecule has 0 amide bonds. The minimum absolute atomic E-state index is 0.711. The van der Waals surface area contributed by atoms with Crippen LogP contribution in [0.15, 0.2) is 72.8 Å². The van der Waals surface area contributed by atoms with Gasteiger partial charge in [-0.3, -0.25) is 0 Å². The number of fused-ring (bicyclic) bond motifs is 1. The van der Waals surface area contributed by atoms with Crippen molar-refractivity contribution in [3.8, 4) is 28.5 Å². The summed E-state index contributed by atoms with van der Waals surface area (Å²) < 4.78 is 11.4. The third-order valence-electron chi connectivity index (χ3n) is 5.12. The lowest BCUT2D eigenvalue weighted by molar-refractivity contribution is 0.415. The van der Waals surface area contributed by atoms with Gasteiger partial charge in [-0.2, -0.15) is 0 Å². The van der Waals surface area contributed by atoms with E-state index in [-0.39, 0.29) is 0 Å². The van der Waals surface area contributed by atoms with Crippen LogP contribution in [0.4, 0.5) is 0 Å². The SMILES string of the molecule is COc1ccc(-c2[nH]c3ccc(Oc4ccccc4)cc3c2CCCCN)cc1. The number of H-pyrrole nitrogens is 1. The first-order valence-corrected chi connectivity index (χ1v) is 10.0. The molecule has 0 saturated heterocycles. The zero-order valence-electron chi connectivity index (χ0n) is 16.7. The molecule has 0 aliphatic rings. The minimum atomic E-state index is 0.711. The van der Waals surface area contributed by atoms with Crippen molar-refractivity contribution < 1.29 is 9.47 Å².